The van der Waals surface area contributed by atoms with Crippen LogP contribution in [0.2, 0.25) is 0 Å². The maximum Gasteiger partial charge on any atom is 0.272 e. The van der Waals surface area contributed by atoms with Gasteiger partial charge >= 0.3 is 0 Å². The highest BCUT2D eigenvalue weighted by atomic mass is 15.4. The molecule has 0 saturated carbocycles. The second kappa shape index (κ2) is 4.79. The van der Waals surface area contributed by atoms with Crippen LogP contribution in [0.15, 0.2) is 66.9 Å². The molecule has 0 fully saturated rings. The van der Waals surface area contributed by atoms with Crippen molar-refractivity contribution in [2.24, 2.45) is 0 Å². The van der Waals surface area contributed by atoms with Crippen LogP contribution < -0.4 is 0 Å². The second-order valence-corrected chi connectivity index (χ2v) is 4.61. The molecule has 100 valence electrons. The maximum atomic E-state index is 4.52. The molecule has 0 atom stereocenters. The van der Waals surface area contributed by atoms with E-state index >= 15 is 0 Å². The van der Waals surface area contributed by atoms with Gasteiger partial charge in [-0.2, -0.15) is 9.61 Å². The zero-order valence-corrected chi connectivity index (χ0v) is 11.1. The Morgan fingerprint density at radius 3 is 2.10 bits per heavy atom. The van der Waals surface area contributed by atoms with Crippen LogP contribution in [-0.4, -0.2) is 24.8 Å². The molecule has 0 unspecified atom stereocenters. The molecule has 5 heteroatoms. The molecule has 0 radical (unpaired) electrons. The van der Waals surface area contributed by atoms with Gasteiger partial charge in [0.1, 0.15) is 0 Å². The second-order valence-electron chi connectivity index (χ2n) is 4.61. The Morgan fingerprint density at radius 1 is 0.714 bits per heavy atom. The molecule has 0 N–H and O–H groups in total. The van der Waals surface area contributed by atoms with Crippen molar-refractivity contribution in [1.82, 2.24) is 24.8 Å². The van der Waals surface area contributed by atoms with Crippen LogP contribution in [0, 0.1) is 0 Å². The lowest BCUT2D eigenvalue weighted by atomic mass is 10.2. The Kier molecular flexibility index (Phi) is 2.67. The molecule has 0 aliphatic rings. The predicted octanol–water partition coefficient (Wildman–Crippen LogP) is 2.85. The summed E-state index contributed by atoms with van der Waals surface area (Å²) in [5, 5.41) is 12.7. The number of hydrogen-bond acceptors (Lipinski definition) is 4. The van der Waals surface area contributed by atoms with Crippen molar-refractivity contribution in [3.05, 3.63) is 66.9 Å². The van der Waals surface area contributed by atoms with Gasteiger partial charge in [-0.15, -0.1) is 10.2 Å². The van der Waals surface area contributed by atoms with E-state index in [9.17, 15) is 0 Å². The summed E-state index contributed by atoms with van der Waals surface area (Å²) >= 11 is 0. The van der Waals surface area contributed by atoms with Gasteiger partial charge in [-0.25, -0.2) is 4.98 Å². The van der Waals surface area contributed by atoms with E-state index in [0.717, 1.165) is 16.8 Å². The lowest BCUT2D eigenvalue weighted by molar-refractivity contribution is 0.909. The van der Waals surface area contributed by atoms with E-state index in [-0.39, 0.29) is 0 Å². The van der Waals surface area contributed by atoms with Crippen LogP contribution in [0.4, 0.5) is 0 Å². The summed E-state index contributed by atoms with van der Waals surface area (Å²) in [6.07, 6.45) is 1.73. The summed E-state index contributed by atoms with van der Waals surface area (Å²) < 4.78 is 1.65. The molecule has 21 heavy (non-hydrogen) atoms. The molecule has 4 rings (SSSR count). The third-order valence-corrected chi connectivity index (χ3v) is 3.24. The number of benzene rings is 2. The standard InChI is InChI=1S/C16H11N5/c1-3-7-12(8-4-1)14-11-17-21-15(19-20-16(21)18-14)13-9-5-2-6-10-13/h1-11H. The number of rotatable bonds is 2. The van der Waals surface area contributed by atoms with Crippen molar-refractivity contribution < 1.29 is 0 Å². The summed E-state index contributed by atoms with van der Waals surface area (Å²) in [4.78, 5) is 4.52. The van der Waals surface area contributed by atoms with Gasteiger partial charge in [0.05, 0.1) is 11.9 Å². The SMILES string of the molecule is c1ccc(-c2cnn3c(-c4ccccc4)nnc3n2)cc1. The monoisotopic (exact) mass is 273 g/mol. The molecule has 0 aliphatic carbocycles. The van der Waals surface area contributed by atoms with E-state index in [4.69, 9.17) is 0 Å². The van der Waals surface area contributed by atoms with Gasteiger partial charge in [-0.05, 0) is 0 Å². The molecule has 0 saturated heterocycles. The molecule has 2 aromatic heterocycles. The van der Waals surface area contributed by atoms with Crippen LogP contribution in [0.5, 0.6) is 0 Å². The smallest absolute Gasteiger partial charge is 0.208 e. The lowest BCUT2D eigenvalue weighted by Gasteiger charge is -2.01. The van der Waals surface area contributed by atoms with Crippen LogP contribution in [0.3, 0.4) is 0 Å². The van der Waals surface area contributed by atoms with Gasteiger partial charge in [0.15, 0.2) is 5.82 Å². The molecule has 4 aromatic rings. The number of hydrogen-bond donors (Lipinski definition) is 0. The average Bonchev–Trinajstić information content (AvgIpc) is 2.99. The normalized spacial score (nSPS) is 10.9. The van der Waals surface area contributed by atoms with Crippen molar-refractivity contribution in [2.75, 3.05) is 0 Å². The van der Waals surface area contributed by atoms with Gasteiger partial charge in [-0.1, -0.05) is 60.7 Å². The molecule has 2 aromatic carbocycles. The third-order valence-electron chi connectivity index (χ3n) is 3.24. The highest BCUT2D eigenvalue weighted by molar-refractivity contribution is 5.61. The quantitative estimate of drug-likeness (QED) is 0.563. The molecular formula is C16H11N5. The minimum atomic E-state index is 0.496. The Balaban J connectivity index is 1.85. The van der Waals surface area contributed by atoms with Crippen molar-refractivity contribution in [3.63, 3.8) is 0 Å². The number of nitrogens with zero attached hydrogens (tertiary/aromatic N) is 5. The zero-order chi connectivity index (χ0) is 14.1. The zero-order valence-electron chi connectivity index (χ0n) is 11.1. The summed E-state index contributed by atoms with van der Waals surface area (Å²) in [7, 11) is 0. The minimum Gasteiger partial charge on any atom is -0.208 e. The van der Waals surface area contributed by atoms with E-state index < -0.39 is 0 Å². The molecule has 5 nitrogen and oxygen atoms in total. The van der Waals surface area contributed by atoms with Gasteiger partial charge in [0, 0.05) is 11.1 Å². The first kappa shape index (κ1) is 11.7. The fourth-order valence-corrected chi connectivity index (χ4v) is 2.21. The molecular weight excluding hydrogens is 262 g/mol. The summed E-state index contributed by atoms with van der Waals surface area (Å²) in [6, 6.07) is 19.7. The minimum absolute atomic E-state index is 0.496. The van der Waals surface area contributed by atoms with Crippen LogP contribution in [0.25, 0.3) is 28.4 Å². The van der Waals surface area contributed by atoms with Gasteiger partial charge < -0.3 is 0 Å². The first-order valence-electron chi connectivity index (χ1n) is 6.61. The lowest BCUT2D eigenvalue weighted by Crippen LogP contribution is -1.98. The summed E-state index contributed by atoms with van der Waals surface area (Å²) in [6.45, 7) is 0. The van der Waals surface area contributed by atoms with Gasteiger partial charge in [0.25, 0.3) is 5.78 Å². The van der Waals surface area contributed by atoms with Crippen molar-refractivity contribution in [3.8, 4) is 22.6 Å². The Morgan fingerprint density at radius 2 is 1.38 bits per heavy atom. The predicted molar refractivity (Wildman–Crippen MR) is 79.4 cm³/mol. The average molecular weight is 273 g/mol. The van der Waals surface area contributed by atoms with Gasteiger partial charge in [-0.3, -0.25) is 0 Å². The number of fused-ring (bicyclic) bond motifs is 1. The molecule has 0 spiro atoms. The first-order chi connectivity index (χ1) is 10.4. The fourth-order valence-electron chi connectivity index (χ4n) is 2.21. The van der Waals surface area contributed by atoms with Crippen molar-refractivity contribution >= 4 is 5.78 Å². The molecule has 0 amide bonds. The topological polar surface area (TPSA) is 56.0 Å². The van der Waals surface area contributed by atoms with E-state index in [1.807, 2.05) is 60.7 Å². The van der Waals surface area contributed by atoms with Crippen LogP contribution in [-0.2, 0) is 0 Å². The summed E-state index contributed by atoms with van der Waals surface area (Å²) in [5.41, 5.74) is 2.76. The van der Waals surface area contributed by atoms with Crippen molar-refractivity contribution in [2.45, 2.75) is 0 Å². The third kappa shape index (κ3) is 2.04. The van der Waals surface area contributed by atoms with Crippen molar-refractivity contribution in [1.29, 1.82) is 0 Å². The molecule has 0 bridgehead atoms. The highest BCUT2D eigenvalue weighted by Crippen LogP contribution is 2.19. The maximum absolute atomic E-state index is 4.52. The van der Waals surface area contributed by atoms with E-state index in [2.05, 4.69) is 20.3 Å². The molecule has 0 aliphatic heterocycles. The Hall–Kier alpha value is -3.08. The first-order valence-corrected chi connectivity index (χ1v) is 6.61. The Labute approximate surface area is 120 Å². The van der Waals surface area contributed by atoms with E-state index in [0.29, 0.717) is 11.6 Å². The molecule has 2 heterocycles. The van der Waals surface area contributed by atoms with Gasteiger partial charge in [0.2, 0.25) is 0 Å². The highest BCUT2D eigenvalue weighted by Gasteiger charge is 2.10. The summed E-state index contributed by atoms with van der Waals surface area (Å²) in [5.74, 6) is 1.19. The van der Waals surface area contributed by atoms with Crippen LogP contribution in [0.1, 0.15) is 0 Å². The van der Waals surface area contributed by atoms with E-state index in [1.165, 1.54) is 0 Å². The fraction of sp³-hybridized carbons (Fsp3) is 0. The van der Waals surface area contributed by atoms with E-state index in [1.54, 1.807) is 10.7 Å². The number of aromatic nitrogens is 5. The largest absolute Gasteiger partial charge is 0.272 e. The Bertz CT molecular complexity index is 884. The van der Waals surface area contributed by atoms with Crippen LogP contribution >= 0.6 is 0 Å².